The van der Waals surface area contributed by atoms with Gasteiger partial charge in [0, 0.05) is 17.6 Å². The number of methoxy groups -OCH3 is 1. The topological polar surface area (TPSA) is 46.6 Å². The zero-order chi connectivity index (χ0) is 16.4. The summed E-state index contributed by atoms with van der Waals surface area (Å²) in [5.74, 6) is 0.523. The number of nitrogens with zero attached hydrogens (tertiary/aromatic N) is 1. The van der Waals surface area contributed by atoms with Crippen molar-refractivity contribution in [3.63, 3.8) is 0 Å². The van der Waals surface area contributed by atoms with E-state index in [-0.39, 0.29) is 11.9 Å². The van der Waals surface area contributed by atoms with Crippen LogP contribution in [0.25, 0.3) is 0 Å². The largest absolute Gasteiger partial charge is 0.465 e. The van der Waals surface area contributed by atoms with E-state index in [1.165, 1.54) is 20.0 Å². The molecule has 0 saturated heterocycles. The third kappa shape index (κ3) is 3.57. The predicted octanol–water partition coefficient (Wildman–Crippen LogP) is 3.66. The van der Waals surface area contributed by atoms with Crippen molar-refractivity contribution in [3.8, 4) is 0 Å². The van der Waals surface area contributed by atoms with Crippen LogP contribution in [0, 0.1) is 5.92 Å². The van der Waals surface area contributed by atoms with Crippen molar-refractivity contribution in [2.75, 3.05) is 7.11 Å². The quantitative estimate of drug-likeness (QED) is 0.797. The van der Waals surface area contributed by atoms with Crippen molar-refractivity contribution in [3.05, 3.63) is 35.4 Å². The maximum absolute atomic E-state index is 13.0. The molecule has 0 unspecified atom stereocenters. The minimum atomic E-state index is -0.371. The van der Waals surface area contributed by atoms with E-state index in [9.17, 15) is 9.59 Å². The Morgan fingerprint density at radius 2 is 1.39 bits per heavy atom. The second kappa shape index (κ2) is 6.73. The molecule has 2 aliphatic rings. The number of ether oxygens (including phenoxy) is 1. The van der Waals surface area contributed by atoms with Crippen LogP contribution >= 0.6 is 0 Å². The molecule has 4 heteroatoms. The van der Waals surface area contributed by atoms with Gasteiger partial charge in [0.2, 0.25) is 0 Å². The second-order valence-electron chi connectivity index (χ2n) is 6.93. The average Bonchev–Trinajstić information content (AvgIpc) is 3.41. The first-order chi connectivity index (χ1) is 11.1. The number of esters is 1. The molecule has 0 atom stereocenters. The molecule has 4 nitrogen and oxygen atoms in total. The summed E-state index contributed by atoms with van der Waals surface area (Å²) in [5, 5.41) is 0. The minimum Gasteiger partial charge on any atom is -0.465 e. The van der Waals surface area contributed by atoms with Crippen molar-refractivity contribution < 1.29 is 14.3 Å². The van der Waals surface area contributed by atoms with E-state index in [0.717, 1.165) is 31.6 Å². The first-order valence-corrected chi connectivity index (χ1v) is 8.61. The number of hydrogen-bond donors (Lipinski definition) is 0. The molecule has 0 N–H and O–H groups in total. The molecule has 2 saturated carbocycles. The average molecular weight is 315 g/mol. The lowest BCUT2D eigenvalue weighted by Crippen LogP contribution is -2.43. The molecule has 0 heterocycles. The van der Waals surface area contributed by atoms with Crippen molar-refractivity contribution in [1.82, 2.24) is 4.90 Å². The van der Waals surface area contributed by atoms with Crippen molar-refractivity contribution >= 4 is 11.9 Å². The third-order valence-corrected chi connectivity index (χ3v) is 5.11. The summed E-state index contributed by atoms with van der Waals surface area (Å²) >= 11 is 0. The maximum atomic E-state index is 13.0. The Bertz CT molecular complexity index is 569. The molecule has 3 rings (SSSR count). The van der Waals surface area contributed by atoms with E-state index < -0.39 is 0 Å². The van der Waals surface area contributed by atoms with Gasteiger partial charge in [-0.1, -0.05) is 6.92 Å². The van der Waals surface area contributed by atoms with E-state index in [1.807, 2.05) is 0 Å². The zero-order valence-electron chi connectivity index (χ0n) is 14.0. The number of hydrogen-bond acceptors (Lipinski definition) is 3. The summed E-state index contributed by atoms with van der Waals surface area (Å²) < 4.78 is 4.70. The molecule has 0 spiro atoms. The molecule has 0 radical (unpaired) electrons. The summed E-state index contributed by atoms with van der Waals surface area (Å²) in [7, 11) is 1.36. The standard InChI is InChI=1S/C19H25NO3/c1-13-3-9-16(10-4-13)20(17-11-12-17)18(21)14-5-7-15(8-6-14)19(22)23-2/h5-8,13,16-17H,3-4,9-12H2,1-2H3. The van der Waals surface area contributed by atoms with Crippen LogP contribution in [0.5, 0.6) is 0 Å². The van der Waals surface area contributed by atoms with Crippen LogP contribution in [0.15, 0.2) is 24.3 Å². The van der Waals surface area contributed by atoms with Crippen LogP contribution in [0.2, 0.25) is 0 Å². The highest BCUT2D eigenvalue weighted by atomic mass is 16.5. The van der Waals surface area contributed by atoms with Crippen LogP contribution in [0.4, 0.5) is 0 Å². The van der Waals surface area contributed by atoms with Gasteiger partial charge < -0.3 is 9.64 Å². The van der Waals surface area contributed by atoms with Crippen molar-refractivity contribution in [2.24, 2.45) is 5.92 Å². The van der Waals surface area contributed by atoms with Crippen LogP contribution < -0.4 is 0 Å². The van der Waals surface area contributed by atoms with Gasteiger partial charge in [0.05, 0.1) is 12.7 Å². The zero-order valence-corrected chi connectivity index (χ0v) is 14.0. The molecule has 2 fully saturated rings. The van der Waals surface area contributed by atoms with Gasteiger partial charge in [-0.2, -0.15) is 0 Å². The first kappa shape index (κ1) is 16.0. The fourth-order valence-electron chi connectivity index (χ4n) is 3.52. The Kier molecular flexibility index (Phi) is 4.69. The summed E-state index contributed by atoms with van der Waals surface area (Å²) in [5.41, 5.74) is 1.15. The summed E-state index contributed by atoms with van der Waals surface area (Å²) in [6.45, 7) is 2.30. The summed E-state index contributed by atoms with van der Waals surface area (Å²) in [4.78, 5) is 26.6. The van der Waals surface area contributed by atoms with Crippen LogP contribution in [-0.2, 0) is 4.74 Å². The predicted molar refractivity (Wildman–Crippen MR) is 88.4 cm³/mol. The van der Waals surface area contributed by atoms with E-state index >= 15 is 0 Å². The van der Waals surface area contributed by atoms with Gasteiger partial charge in [0.1, 0.15) is 0 Å². The number of benzene rings is 1. The molecule has 2 aliphatic carbocycles. The molecular formula is C19H25NO3. The molecule has 1 amide bonds. The van der Waals surface area contributed by atoms with Crippen molar-refractivity contribution in [1.29, 1.82) is 0 Å². The molecule has 1 aromatic carbocycles. The van der Waals surface area contributed by atoms with Crippen molar-refractivity contribution in [2.45, 2.75) is 57.5 Å². The lowest BCUT2D eigenvalue weighted by Gasteiger charge is -2.36. The fraction of sp³-hybridized carbons (Fsp3) is 0.579. The van der Waals surface area contributed by atoms with Gasteiger partial charge >= 0.3 is 5.97 Å². The minimum absolute atomic E-state index is 0.114. The summed E-state index contributed by atoms with van der Waals surface area (Å²) in [6, 6.07) is 7.64. The molecule has 23 heavy (non-hydrogen) atoms. The molecule has 0 bridgehead atoms. The number of carbonyl (C=O) groups excluding carboxylic acids is 2. The highest BCUT2D eigenvalue weighted by Crippen LogP contribution is 2.36. The molecular weight excluding hydrogens is 290 g/mol. The Morgan fingerprint density at radius 3 is 1.87 bits per heavy atom. The molecule has 0 aromatic heterocycles. The fourth-order valence-corrected chi connectivity index (χ4v) is 3.52. The molecule has 0 aliphatic heterocycles. The van der Waals surface area contributed by atoms with E-state index in [4.69, 9.17) is 4.74 Å². The number of amides is 1. The summed E-state index contributed by atoms with van der Waals surface area (Å²) in [6.07, 6.45) is 6.90. The van der Waals surface area contributed by atoms with E-state index in [0.29, 0.717) is 23.2 Å². The van der Waals surface area contributed by atoms with Gasteiger partial charge in [-0.25, -0.2) is 4.79 Å². The van der Waals surface area contributed by atoms with E-state index in [1.54, 1.807) is 24.3 Å². The monoisotopic (exact) mass is 315 g/mol. The first-order valence-electron chi connectivity index (χ1n) is 8.61. The Morgan fingerprint density at radius 1 is 0.913 bits per heavy atom. The Labute approximate surface area is 137 Å². The number of carbonyl (C=O) groups is 2. The lowest BCUT2D eigenvalue weighted by molar-refractivity contribution is 0.0583. The normalized spacial score (nSPS) is 24.1. The highest BCUT2D eigenvalue weighted by molar-refractivity contribution is 5.96. The lowest BCUT2D eigenvalue weighted by atomic mass is 9.86. The SMILES string of the molecule is COC(=O)c1ccc(C(=O)N(C2CCC(C)CC2)C2CC2)cc1. The molecule has 124 valence electrons. The van der Waals surface area contributed by atoms with Crippen LogP contribution in [0.3, 0.4) is 0 Å². The second-order valence-corrected chi connectivity index (χ2v) is 6.93. The Hall–Kier alpha value is -1.84. The van der Waals surface area contributed by atoms with Crippen LogP contribution in [-0.4, -0.2) is 36.0 Å². The number of rotatable bonds is 4. The van der Waals surface area contributed by atoms with Gasteiger partial charge in [0.15, 0.2) is 0 Å². The molecule has 1 aromatic rings. The maximum Gasteiger partial charge on any atom is 0.337 e. The van der Waals surface area contributed by atoms with Gasteiger partial charge in [-0.3, -0.25) is 4.79 Å². The van der Waals surface area contributed by atoms with Gasteiger partial charge in [-0.15, -0.1) is 0 Å². The highest BCUT2D eigenvalue weighted by Gasteiger charge is 2.38. The van der Waals surface area contributed by atoms with Gasteiger partial charge in [0.25, 0.3) is 5.91 Å². The Balaban J connectivity index is 1.75. The van der Waals surface area contributed by atoms with Gasteiger partial charge in [-0.05, 0) is 68.7 Å². The third-order valence-electron chi connectivity index (χ3n) is 5.11. The van der Waals surface area contributed by atoms with E-state index in [2.05, 4.69) is 11.8 Å². The smallest absolute Gasteiger partial charge is 0.337 e. The van der Waals surface area contributed by atoms with Crippen LogP contribution in [0.1, 0.15) is 66.2 Å².